The SMILES string of the molecule is C[N+](C)(C)CCCNCCC[N+](C)(C)C. The molecule has 0 amide bonds. The standard InChI is InChI=1S/C12H31N3/c1-14(2,3)11-7-9-13-10-8-12-15(4,5)6/h13H,7-12H2,1-6H3/q+2. The Balaban J connectivity index is 3.20. The van der Waals surface area contributed by atoms with Crippen molar-refractivity contribution in [2.24, 2.45) is 0 Å². The van der Waals surface area contributed by atoms with Crippen LogP contribution in [0.25, 0.3) is 0 Å². The van der Waals surface area contributed by atoms with Gasteiger partial charge < -0.3 is 14.3 Å². The highest BCUT2D eigenvalue weighted by molar-refractivity contribution is 4.47. The van der Waals surface area contributed by atoms with E-state index in [2.05, 4.69) is 47.6 Å². The summed E-state index contributed by atoms with van der Waals surface area (Å²) < 4.78 is 2.14. The highest BCUT2D eigenvalue weighted by Crippen LogP contribution is 1.93. The zero-order chi connectivity index (χ0) is 11.9. The summed E-state index contributed by atoms with van der Waals surface area (Å²) in [4.78, 5) is 0. The van der Waals surface area contributed by atoms with Gasteiger partial charge in [0.05, 0.1) is 55.4 Å². The van der Waals surface area contributed by atoms with Crippen molar-refractivity contribution in [1.82, 2.24) is 5.32 Å². The summed E-state index contributed by atoms with van der Waals surface area (Å²) in [6.45, 7) is 4.82. The zero-order valence-electron chi connectivity index (χ0n) is 11.6. The van der Waals surface area contributed by atoms with E-state index in [4.69, 9.17) is 0 Å². The van der Waals surface area contributed by atoms with Gasteiger partial charge in [0, 0.05) is 25.9 Å². The largest absolute Gasteiger partial charge is 0.331 e. The maximum absolute atomic E-state index is 3.51. The third-order valence-electron chi connectivity index (χ3n) is 2.36. The van der Waals surface area contributed by atoms with Crippen LogP contribution in [-0.4, -0.2) is 77.4 Å². The predicted molar refractivity (Wildman–Crippen MR) is 67.9 cm³/mol. The monoisotopic (exact) mass is 217 g/mol. The molecule has 3 heteroatoms. The molecule has 0 aliphatic heterocycles. The van der Waals surface area contributed by atoms with Gasteiger partial charge in [-0.15, -0.1) is 0 Å². The average molecular weight is 217 g/mol. The smallest absolute Gasteiger partial charge is 0.0792 e. The van der Waals surface area contributed by atoms with Gasteiger partial charge in [0.15, 0.2) is 0 Å². The second-order valence-electron chi connectivity index (χ2n) is 6.48. The Morgan fingerprint density at radius 2 is 1.00 bits per heavy atom. The fourth-order valence-corrected chi connectivity index (χ4v) is 1.48. The van der Waals surface area contributed by atoms with E-state index in [1.54, 1.807) is 0 Å². The molecule has 0 aromatic carbocycles. The Labute approximate surface area is 96.2 Å². The molecule has 0 aromatic rings. The van der Waals surface area contributed by atoms with Gasteiger partial charge in [-0.2, -0.15) is 0 Å². The summed E-state index contributed by atoms with van der Waals surface area (Å²) in [5.74, 6) is 0. The van der Waals surface area contributed by atoms with Crippen LogP contribution in [0.4, 0.5) is 0 Å². The van der Waals surface area contributed by atoms with Crippen molar-refractivity contribution in [1.29, 1.82) is 0 Å². The first-order valence-corrected chi connectivity index (χ1v) is 6.02. The maximum Gasteiger partial charge on any atom is 0.0792 e. The minimum absolute atomic E-state index is 1.07. The summed E-state index contributed by atoms with van der Waals surface area (Å²) in [6, 6.07) is 0. The predicted octanol–water partition coefficient (Wildman–Crippen LogP) is 0.769. The molecule has 92 valence electrons. The number of nitrogens with zero attached hydrogens (tertiary/aromatic N) is 2. The van der Waals surface area contributed by atoms with Crippen LogP contribution in [0.3, 0.4) is 0 Å². The van der Waals surface area contributed by atoms with E-state index in [1.807, 2.05) is 0 Å². The molecule has 0 saturated carbocycles. The summed E-state index contributed by atoms with van der Waals surface area (Å²) in [6.07, 6.45) is 2.54. The molecule has 0 saturated heterocycles. The summed E-state index contributed by atoms with van der Waals surface area (Å²) in [5.41, 5.74) is 0. The van der Waals surface area contributed by atoms with Crippen LogP contribution in [0.2, 0.25) is 0 Å². The minimum Gasteiger partial charge on any atom is -0.331 e. The molecule has 0 aliphatic carbocycles. The summed E-state index contributed by atoms with van der Waals surface area (Å²) in [5, 5.41) is 3.51. The van der Waals surface area contributed by atoms with Crippen molar-refractivity contribution in [3.8, 4) is 0 Å². The Hall–Kier alpha value is -0.120. The number of rotatable bonds is 8. The quantitative estimate of drug-likeness (QED) is 0.468. The van der Waals surface area contributed by atoms with Crippen molar-refractivity contribution in [3.63, 3.8) is 0 Å². The van der Waals surface area contributed by atoms with Crippen molar-refractivity contribution in [3.05, 3.63) is 0 Å². The van der Waals surface area contributed by atoms with Crippen LogP contribution in [0.15, 0.2) is 0 Å². The molecule has 0 aromatic heterocycles. The van der Waals surface area contributed by atoms with Crippen molar-refractivity contribution < 1.29 is 8.97 Å². The Bertz CT molecular complexity index is 135. The molecule has 1 N–H and O–H groups in total. The van der Waals surface area contributed by atoms with Gasteiger partial charge in [0.1, 0.15) is 0 Å². The Morgan fingerprint density at radius 3 is 1.27 bits per heavy atom. The molecular weight excluding hydrogens is 186 g/mol. The number of hydrogen-bond donors (Lipinski definition) is 1. The lowest BCUT2D eigenvalue weighted by molar-refractivity contribution is -0.870. The Morgan fingerprint density at radius 1 is 0.667 bits per heavy atom. The third kappa shape index (κ3) is 13.9. The van der Waals surface area contributed by atoms with E-state index < -0.39 is 0 Å². The van der Waals surface area contributed by atoms with Crippen LogP contribution in [0.5, 0.6) is 0 Å². The van der Waals surface area contributed by atoms with Crippen LogP contribution in [0.1, 0.15) is 12.8 Å². The maximum atomic E-state index is 3.51. The Kier molecular flexibility index (Phi) is 6.41. The van der Waals surface area contributed by atoms with Gasteiger partial charge in [-0.1, -0.05) is 0 Å². The molecule has 0 radical (unpaired) electrons. The van der Waals surface area contributed by atoms with Gasteiger partial charge in [0.25, 0.3) is 0 Å². The van der Waals surface area contributed by atoms with Crippen molar-refractivity contribution >= 4 is 0 Å². The molecule has 0 aliphatic rings. The topological polar surface area (TPSA) is 12.0 Å². The number of hydrogen-bond acceptors (Lipinski definition) is 1. The summed E-state index contributed by atoms with van der Waals surface area (Å²) >= 11 is 0. The van der Waals surface area contributed by atoms with E-state index in [0.717, 1.165) is 22.1 Å². The van der Waals surface area contributed by atoms with Gasteiger partial charge in [-0.3, -0.25) is 0 Å². The fraction of sp³-hybridized carbons (Fsp3) is 1.00. The van der Waals surface area contributed by atoms with E-state index in [-0.39, 0.29) is 0 Å². The first kappa shape index (κ1) is 14.9. The molecule has 0 unspecified atom stereocenters. The molecule has 0 heterocycles. The van der Waals surface area contributed by atoms with Crippen molar-refractivity contribution in [2.75, 3.05) is 68.5 Å². The number of nitrogens with one attached hydrogen (secondary N) is 1. The number of quaternary nitrogens is 2. The van der Waals surface area contributed by atoms with E-state index in [9.17, 15) is 0 Å². The van der Waals surface area contributed by atoms with Gasteiger partial charge in [-0.25, -0.2) is 0 Å². The first-order chi connectivity index (χ1) is 6.71. The van der Waals surface area contributed by atoms with Crippen LogP contribution in [0, 0.1) is 0 Å². The minimum atomic E-state index is 1.07. The molecule has 3 nitrogen and oxygen atoms in total. The van der Waals surface area contributed by atoms with Gasteiger partial charge >= 0.3 is 0 Å². The highest BCUT2D eigenvalue weighted by atomic mass is 15.3. The molecule has 15 heavy (non-hydrogen) atoms. The second kappa shape index (κ2) is 6.46. The van der Waals surface area contributed by atoms with Gasteiger partial charge in [0.2, 0.25) is 0 Å². The molecule has 0 rings (SSSR count). The molecule has 0 fully saturated rings. The van der Waals surface area contributed by atoms with Crippen LogP contribution < -0.4 is 5.32 Å². The molecule has 0 atom stereocenters. The lowest BCUT2D eigenvalue weighted by Crippen LogP contribution is -2.38. The molecule has 0 bridgehead atoms. The van der Waals surface area contributed by atoms with Gasteiger partial charge in [-0.05, 0) is 0 Å². The van der Waals surface area contributed by atoms with E-state index in [0.29, 0.717) is 0 Å². The zero-order valence-corrected chi connectivity index (χ0v) is 11.6. The van der Waals surface area contributed by atoms with Crippen LogP contribution >= 0.6 is 0 Å². The van der Waals surface area contributed by atoms with Crippen molar-refractivity contribution in [2.45, 2.75) is 12.8 Å². The lowest BCUT2D eigenvalue weighted by atomic mass is 10.3. The summed E-state index contributed by atoms with van der Waals surface area (Å²) in [7, 11) is 13.5. The molecular formula is C12H31N3+2. The fourth-order valence-electron chi connectivity index (χ4n) is 1.48. The van der Waals surface area contributed by atoms with E-state index in [1.165, 1.54) is 25.9 Å². The lowest BCUT2D eigenvalue weighted by Gasteiger charge is -2.24. The average Bonchev–Trinajstić information content (AvgIpc) is 1.98. The normalized spacial score (nSPS) is 13.2. The molecule has 0 spiro atoms. The second-order valence-corrected chi connectivity index (χ2v) is 6.48. The third-order valence-corrected chi connectivity index (χ3v) is 2.36. The van der Waals surface area contributed by atoms with Crippen LogP contribution in [-0.2, 0) is 0 Å². The highest BCUT2D eigenvalue weighted by Gasteiger charge is 2.06. The first-order valence-electron chi connectivity index (χ1n) is 6.02. The van der Waals surface area contributed by atoms with E-state index >= 15 is 0 Å².